The van der Waals surface area contributed by atoms with E-state index in [4.69, 9.17) is 36.5 Å². The smallest absolute Gasteiger partial charge is 0.189 e. The molecule has 30 rings (SSSR count). The fraction of sp³-hybridized carbons (Fsp3) is 0.0169. The molecular formula is C118H72N20. The van der Waals surface area contributed by atoms with Gasteiger partial charge in [-0.3, -0.25) is 47.5 Å². The Morgan fingerprint density at radius 2 is 0.565 bits per heavy atom. The molecule has 0 fully saturated rings. The molecule has 12 aromatic carbocycles. The lowest BCUT2D eigenvalue weighted by Gasteiger charge is -2.13. The molecule has 0 aliphatic heterocycles. The molecule has 0 radical (unpaired) electrons. The average molecular weight is 1770 g/mol. The van der Waals surface area contributed by atoms with E-state index in [1.54, 1.807) is 0 Å². The second kappa shape index (κ2) is 31.1. The Balaban J connectivity index is 0.0000000944. The molecule has 0 saturated heterocycles. The van der Waals surface area contributed by atoms with E-state index in [1.807, 2.05) is 183 Å². The highest BCUT2D eigenvalue weighted by Crippen LogP contribution is 2.48. The summed E-state index contributed by atoms with van der Waals surface area (Å²) in [6.07, 6.45) is 18.8. The Bertz CT molecular complexity index is 9860. The van der Waals surface area contributed by atoms with E-state index in [9.17, 15) is 5.26 Å². The van der Waals surface area contributed by atoms with Gasteiger partial charge in [0, 0.05) is 120 Å². The van der Waals surface area contributed by atoms with Crippen LogP contribution in [0.15, 0.2) is 402 Å². The Hall–Kier alpha value is -19.4. The number of nitriles is 1. The first-order valence-electron chi connectivity index (χ1n) is 45.6. The lowest BCUT2D eigenvalue weighted by molar-refractivity contribution is 1.22. The van der Waals surface area contributed by atoms with Crippen LogP contribution in [-0.4, -0.2) is 85.0 Å². The van der Waals surface area contributed by atoms with Gasteiger partial charge < -0.3 is 17.6 Å². The zero-order chi connectivity index (χ0) is 91.5. The van der Waals surface area contributed by atoms with E-state index in [0.717, 1.165) is 209 Å². The second-order valence-electron chi connectivity index (χ2n) is 34.5. The van der Waals surface area contributed by atoms with Crippen molar-refractivity contribution in [2.24, 2.45) is 0 Å². The van der Waals surface area contributed by atoms with Gasteiger partial charge in [-0.1, -0.05) is 200 Å². The predicted octanol–water partition coefficient (Wildman–Crippen LogP) is 27.8. The summed E-state index contributed by atoms with van der Waals surface area (Å²) in [5, 5.41) is 21.2. The lowest BCUT2D eigenvalue weighted by Crippen LogP contribution is -1.96. The number of pyridine rings is 6. The number of aryl methyl sites for hydroxylation is 2. The zero-order valence-electron chi connectivity index (χ0n) is 74.0. The maximum atomic E-state index is 10.1. The highest BCUT2D eigenvalue weighted by molar-refractivity contribution is 6.23. The monoisotopic (exact) mass is 1770 g/mol. The van der Waals surface area contributed by atoms with Crippen LogP contribution in [-0.2, 0) is 0 Å². The van der Waals surface area contributed by atoms with E-state index >= 15 is 0 Å². The summed E-state index contributed by atoms with van der Waals surface area (Å²) in [5.74, 6) is 0. The maximum Gasteiger partial charge on any atom is 0.189 e. The number of hydrogen-bond donors (Lipinski definition) is 0. The first-order chi connectivity index (χ1) is 68.3. The van der Waals surface area contributed by atoms with Crippen LogP contribution in [0.25, 0.3) is 247 Å². The summed E-state index contributed by atoms with van der Waals surface area (Å²) in [5.41, 5.74) is 37.8. The molecule has 0 aliphatic rings. The van der Waals surface area contributed by atoms with Crippen molar-refractivity contribution in [2.75, 3.05) is 0 Å². The van der Waals surface area contributed by atoms with E-state index in [0.29, 0.717) is 11.3 Å². The molecule has 20 heteroatoms. The summed E-state index contributed by atoms with van der Waals surface area (Å²) >= 11 is 0. The van der Waals surface area contributed by atoms with Gasteiger partial charge in [-0.05, 0) is 176 Å². The molecule has 0 aliphatic carbocycles. The number of fused-ring (bicyclic) bond motifs is 48. The second-order valence-corrected chi connectivity index (χ2v) is 34.5. The van der Waals surface area contributed by atoms with Crippen LogP contribution in [0.3, 0.4) is 0 Å². The van der Waals surface area contributed by atoms with Crippen molar-refractivity contribution in [1.29, 1.82) is 5.26 Å². The van der Waals surface area contributed by atoms with E-state index in [2.05, 4.69) is 298 Å². The Morgan fingerprint density at radius 1 is 0.246 bits per heavy atom. The first-order valence-corrected chi connectivity index (χ1v) is 45.6. The van der Waals surface area contributed by atoms with Crippen LogP contribution in [0.4, 0.5) is 5.69 Å². The molecule has 0 atom stereocenters. The van der Waals surface area contributed by atoms with Gasteiger partial charge in [-0.15, -0.1) is 0 Å². The van der Waals surface area contributed by atoms with Crippen molar-refractivity contribution in [3.63, 3.8) is 0 Å². The molecule has 0 saturated carbocycles. The SMILES string of the molecule is Cc1c2ccccc2n2c3cnccc3c3ccncc3n3c4ccccc4c(C)c3c12.[C-]#[N+]c1ccc2c3ccc(C#N)cc3n3c4ccccc4c(-c4ccccc4)c3c3c(-c4ccccc4)c4ccccc4n3c2c1.c1ccc2c(c1)nc1c3nc4ccccc4n3c3cccnc3c3ncccc3n21.c1ccc2c(c1)nc1c3nc4ccccc4n3c3ccncc3c3cnccc3n21. The van der Waals surface area contributed by atoms with Gasteiger partial charge >= 0.3 is 0 Å². The molecule has 18 aromatic heterocycles. The number of para-hydroxylation sites is 12. The van der Waals surface area contributed by atoms with Gasteiger partial charge in [0.2, 0.25) is 0 Å². The standard InChI is InChI=1S/C42H24N4.C28H20N4.2C24H14N6/c1-44-30-21-23-32-31-22-20-27(26-43)24-37(31)45-35-18-10-8-16-33(35)39(28-12-4-2-5-13-28)41(45)42-40(29-14-6-3-7-15-29)34-17-9-11-19-36(34)46(42)38(32)25-30;1-17-19-7-3-5-9-23(19)31-25-15-29-13-11-21(25)22-12-14-30-16-26(22)32-24-10-6-4-8-20(24)18(2)28(32)27(17)31;1-3-9-17-15(7-1)27-23-24-28-16-8-2-4-10-18(16)30(24)20-12-6-14-26-22(20)21-19(29(17)23)11-5-13-25-21;1-3-7-21-17(5-1)27-23-24-28-18-6-2-4-8-22(18)30(24)20-10-12-26-14-16(20)15-13-25-11-9-19(15)29(21)23/h2-25H;3-16H,1-2H3;2*1-14H. The Labute approximate surface area is 782 Å². The molecule has 0 spiro atoms. The van der Waals surface area contributed by atoms with E-state index in [1.165, 1.54) is 44.0 Å². The summed E-state index contributed by atoms with van der Waals surface area (Å²) in [7, 11) is 0. The molecule has 644 valence electrons. The van der Waals surface area contributed by atoms with E-state index < -0.39 is 0 Å². The minimum Gasteiger partial charge on any atom is -0.308 e. The lowest BCUT2D eigenvalue weighted by atomic mass is 9.99. The van der Waals surface area contributed by atoms with Gasteiger partial charge in [0.25, 0.3) is 0 Å². The number of rotatable bonds is 2. The maximum absolute atomic E-state index is 10.1. The van der Waals surface area contributed by atoms with Gasteiger partial charge in [-0.25, -0.2) is 24.8 Å². The molecule has 0 N–H and O–H groups in total. The fourth-order valence-electron chi connectivity index (χ4n) is 21.5. The highest BCUT2D eigenvalue weighted by Gasteiger charge is 2.28. The van der Waals surface area contributed by atoms with Crippen LogP contribution < -0.4 is 0 Å². The van der Waals surface area contributed by atoms with E-state index in [-0.39, 0.29) is 0 Å². The third-order valence-electron chi connectivity index (χ3n) is 27.2. The minimum absolute atomic E-state index is 0.573. The van der Waals surface area contributed by atoms with Crippen LogP contribution in [0, 0.1) is 31.8 Å². The quantitative estimate of drug-likeness (QED) is 0.150. The molecule has 138 heavy (non-hydrogen) atoms. The van der Waals surface area contributed by atoms with Crippen LogP contribution in [0.5, 0.6) is 0 Å². The summed E-state index contributed by atoms with van der Waals surface area (Å²) in [6.45, 7) is 12.4. The van der Waals surface area contributed by atoms with Crippen molar-refractivity contribution in [3.8, 4) is 28.3 Å². The minimum atomic E-state index is 0.573. The summed E-state index contributed by atoms with van der Waals surface area (Å²) < 4.78 is 18.2. The van der Waals surface area contributed by atoms with Crippen molar-refractivity contribution in [1.82, 2.24) is 85.0 Å². The highest BCUT2D eigenvalue weighted by atomic mass is 15.1. The number of nitrogens with zero attached hydrogens (tertiary/aromatic N) is 20. The van der Waals surface area contributed by atoms with Crippen molar-refractivity contribution in [3.05, 3.63) is 430 Å². The summed E-state index contributed by atoms with van der Waals surface area (Å²) in [6, 6.07) is 119. The largest absolute Gasteiger partial charge is 0.308 e. The number of imidazole rings is 4. The van der Waals surface area contributed by atoms with Gasteiger partial charge in [0.15, 0.2) is 28.3 Å². The van der Waals surface area contributed by atoms with Crippen molar-refractivity contribution in [2.45, 2.75) is 13.8 Å². The summed E-state index contributed by atoms with van der Waals surface area (Å²) in [4.78, 5) is 51.3. The normalized spacial score (nSPS) is 11.8. The van der Waals surface area contributed by atoms with Crippen LogP contribution in [0.2, 0.25) is 0 Å². The Morgan fingerprint density at radius 3 is 0.978 bits per heavy atom. The topological polar surface area (TPSA) is 192 Å². The van der Waals surface area contributed by atoms with Crippen LogP contribution in [0.1, 0.15) is 16.7 Å². The molecule has 30 aromatic rings. The third kappa shape index (κ3) is 11.7. The molecule has 18 heterocycles. The fourth-order valence-corrected chi connectivity index (χ4v) is 21.5. The number of aromatic nitrogens is 18. The zero-order valence-corrected chi connectivity index (χ0v) is 74.0. The Kier molecular flexibility index (Phi) is 17.7. The van der Waals surface area contributed by atoms with Crippen molar-refractivity contribution >= 4 is 226 Å². The number of benzene rings is 12. The van der Waals surface area contributed by atoms with Crippen LogP contribution >= 0.6 is 0 Å². The first kappa shape index (κ1) is 78.4. The number of hydrogen-bond acceptors (Lipinski definition) is 11. The van der Waals surface area contributed by atoms with Gasteiger partial charge in [-0.2, -0.15) is 5.26 Å². The van der Waals surface area contributed by atoms with Crippen molar-refractivity contribution < 1.29 is 0 Å². The molecule has 0 bridgehead atoms. The average Bonchev–Trinajstić information content (AvgIpc) is 1.54. The predicted molar refractivity (Wildman–Crippen MR) is 558 cm³/mol. The molecule has 20 nitrogen and oxygen atoms in total. The third-order valence-corrected chi connectivity index (χ3v) is 27.2. The van der Waals surface area contributed by atoms with Gasteiger partial charge in [0.05, 0.1) is 157 Å². The molecular weight excluding hydrogens is 1700 g/mol. The molecule has 0 amide bonds. The molecule has 0 unspecified atom stereocenters. The van der Waals surface area contributed by atoms with Gasteiger partial charge in [0.1, 0.15) is 11.0 Å².